The number of halogens is 1. The van der Waals surface area contributed by atoms with Crippen molar-refractivity contribution in [2.45, 2.75) is 42.6 Å². The van der Waals surface area contributed by atoms with Crippen LogP contribution in [0.1, 0.15) is 43.0 Å². The van der Waals surface area contributed by atoms with E-state index < -0.39 is 17.5 Å². The Hall–Kier alpha value is -2.24. The number of fused-ring (bicyclic) bond motifs is 1. The molecule has 1 fully saturated rings. The summed E-state index contributed by atoms with van der Waals surface area (Å²) in [5, 5.41) is 12.2. The second-order valence-corrected chi connectivity index (χ2v) is 11.5. The Balaban J connectivity index is 1.44. The van der Waals surface area contributed by atoms with Gasteiger partial charge in [0.25, 0.3) is 0 Å². The summed E-state index contributed by atoms with van der Waals surface area (Å²) in [6.07, 6.45) is 1.92. The molecule has 2 aromatic heterocycles. The van der Waals surface area contributed by atoms with E-state index in [1.54, 1.807) is 42.8 Å². The van der Waals surface area contributed by atoms with Crippen LogP contribution in [-0.4, -0.2) is 53.5 Å². The van der Waals surface area contributed by atoms with E-state index in [9.17, 15) is 10.0 Å². The Morgan fingerprint density at radius 3 is 2.86 bits per heavy atom. The fourth-order valence-corrected chi connectivity index (χ4v) is 6.84. The van der Waals surface area contributed by atoms with Crippen molar-refractivity contribution in [3.63, 3.8) is 0 Å². The number of amides is 1. The van der Waals surface area contributed by atoms with Crippen molar-refractivity contribution in [1.29, 1.82) is 0 Å². The molecule has 1 aliphatic rings. The Morgan fingerprint density at radius 1 is 1.39 bits per heavy atom. The van der Waals surface area contributed by atoms with E-state index in [-0.39, 0.29) is 13.0 Å². The number of hydroxylamine groups is 1. The number of carbonyl (C=O) groups is 1. The second-order valence-electron chi connectivity index (χ2n) is 9.13. The van der Waals surface area contributed by atoms with Crippen molar-refractivity contribution in [3.05, 3.63) is 53.0 Å². The van der Waals surface area contributed by atoms with Gasteiger partial charge in [-0.1, -0.05) is 6.07 Å². The number of ether oxygens (including phenoxy) is 1. The number of hydrogen-bond acceptors (Lipinski definition) is 8. The maximum absolute atomic E-state index is 15.9. The summed E-state index contributed by atoms with van der Waals surface area (Å²) in [7, 11) is 1.57. The van der Waals surface area contributed by atoms with Crippen molar-refractivity contribution < 1.29 is 19.1 Å². The minimum atomic E-state index is -1.33. The van der Waals surface area contributed by atoms with Crippen LogP contribution < -0.4 is 16.0 Å². The van der Waals surface area contributed by atoms with E-state index in [1.807, 2.05) is 17.2 Å². The minimum Gasteiger partial charge on any atom is -0.497 e. The highest BCUT2D eigenvalue weighted by Gasteiger charge is 2.41. The van der Waals surface area contributed by atoms with Crippen molar-refractivity contribution in [1.82, 2.24) is 15.4 Å². The lowest BCUT2D eigenvalue weighted by molar-refractivity contribution is -0.143. The summed E-state index contributed by atoms with van der Waals surface area (Å²) in [4.78, 5) is 19.5. The average Bonchev–Trinajstić information content (AvgIpc) is 3.44. The van der Waals surface area contributed by atoms with Crippen LogP contribution in [0.15, 0.2) is 46.1 Å². The third kappa shape index (κ3) is 6.00. The van der Waals surface area contributed by atoms with Crippen molar-refractivity contribution >= 4 is 39.9 Å². The fraction of sp³-hybridized carbons (Fsp3) is 0.462. The summed E-state index contributed by atoms with van der Waals surface area (Å²) in [6, 6.07) is 9.55. The average molecular weight is 533 g/mol. The molecule has 0 bridgehead atoms. The maximum Gasteiger partial charge on any atom is 0.249 e. The molecule has 1 amide bonds. The van der Waals surface area contributed by atoms with Crippen LogP contribution in [0.5, 0.6) is 5.75 Å². The number of rotatable bonds is 11. The number of likely N-dealkylation sites (tertiary alicyclic amines) is 1. The van der Waals surface area contributed by atoms with Crippen LogP contribution >= 0.6 is 23.1 Å². The molecular weight excluding hydrogens is 499 g/mol. The number of thioether (sulfide) groups is 1. The molecule has 0 radical (unpaired) electrons. The summed E-state index contributed by atoms with van der Waals surface area (Å²) in [5.74, 6) is 1.17. The molecule has 7 nitrogen and oxygen atoms in total. The topological polar surface area (TPSA) is 101 Å². The molecule has 4 rings (SSSR count). The van der Waals surface area contributed by atoms with E-state index in [0.29, 0.717) is 47.0 Å². The molecular formula is C26H33FN4O3S2. The molecule has 3 aromatic rings. The molecule has 0 aliphatic carbocycles. The number of pyridine rings is 1. The van der Waals surface area contributed by atoms with Gasteiger partial charge in [0.05, 0.1) is 22.3 Å². The number of methoxy groups -OCH3 is 1. The second kappa shape index (κ2) is 12.3. The largest absolute Gasteiger partial charge is 0.497 e. The molecule has 0 saturated carbocycles. The molecule has 10 heteroatoms. The van der Waals surface area contributed by atoms with Gasteiger partial charge in [0, 0.05) is 36.0 Å². The van der Waals surface area contributed by atoms with Gasteiger partial charge in [-0.05, 0) is 74.0 Å². The van der Waals surface area contributed by atoms with Gasteiger partial charge in [-0.2, -0.15) is 0 Å². The lowest BCUT2D eigenvalue weighted by atomic mass is 9.73. The molecule has 3 heterocycles. The van der Waals surface area contributed by atoms with Gasteiger partial charge in [0.2, 0.25) is 5.91 Å². The number of nitrogens with zero attached hydrogens (tertiary/aromatic N) is 2. The number of hydrogen-bond donors (Lipinski definition) is 3. The van der Waals surface area contributed by atoms with Crippen LogP contribution in [0.3, 0.4) is 0 Å². The van der Waals surface area contributed by atoms with E-state index >= 15 is 4.39 Å². The lowest BCUT2D eigenvalue weighted by Crippen LogP contribution is -2.48. The van der Waals surface area contributed by atoms with E-state index in [2.05, 4.69) is 27.4 Å². The van der Waals surface area contributed by atoms with Crippen LogP contribution in [0.4, 0.5) is 4.39 Å². The lowest BCUT2D eigenvalue weighted by Gasteiger charge is -2.40. The van der Waals surface area contributed by atoms with Crippen LogP contribution in [0.2, 0.25) is 0 Å². The number of carbonyl (C=O) groups excluding carboxylic acids is 1. The first-order chi connectivity index (χ1) is 17.5. The first-order valence-corrected chi connectivity index (χ1v) is 14.0. The zero-order valence-electron chi connectivity index (χ0n) is 20.4. The van der Waals surface area contributed by atoms with Crippen molar-refractivity contribution in [2.75, 3.05) is 32.5 Å². The van der Waals surface area contributed by atoms with Gasteiger partial charge in [0.1, 0.15) is 11.9 Å². The van der Waals surface area contributed by atoms with Gasteiger partial charge in [0.15, 0.2) is 0 Å². The Morgan fingerprint density at radius 2 is 2.19 bits per heavy atom. The number of benzene rings is 1. The summed E-state index contributed by atoms with van der Waals surface area (Å²) in [6.45, 7) is 2.56. The third-order valence-corrected chi connectivity index (χ3v) is 9.26. The van der Waals surface area contributed by atoms with Gasteiger partial charge in [-0.25, -0.2) is 9.87 Å². The molecule has 1 atom stereocenters. The van der Waals surface area contributed by atoms with Crippen LogP contribution in [-0.2, 0) is 11.3 Å². The Bertz CT molecular complexity index is 1150. The van der Waals surface area contributed by atoms with Crippen LogP contribution in [0, 0.1) is 5.41 Å². The van der Waals surface area contributed by atoms with Gasteiger partial charge >= 0.3 is 0 Å². The monoisotopic (exact) mass is 532 g/mol. The van der Waals surface area contributed by atoms with Gasteiger partial charge in [-0.15, -0.1) is 23.1 Å². The first-order valence-electron chi connectivity index (χ1n) is 12.1. The Kier molecular flexibility index (Phi) is 9.19. The SMILES string of the molecule is COc1ccc2ncc(CN)c(C(F)CCC3(C(=O)NO)CCN(CCSc4cccs4)CC3)c2c1. The predicted molar refractivity (Wildman–Crippen MR) is 142 cm³/mol. The normalized spacial score (nSPS) is 16.7. The number of nitrogens with one attached hydrogen (secondary N) is 1. The van der Waals surface area contributed by atoms with E-state index in [1.165, 1.54) is 4.21 Å². The third-order valence-electron chi connectivity index (χ3n) is 7.15. The number of nitrogens with two attached hydrogens (primary N) is 1. The molecule has 0 spiro atoms. The highest BCUT2D eigenvalue weighted by molar-refractivity contribution is 8.01. The summed E-state index contributed by atoms with van der Waals surface area (Å²) < 4.78 is 22.5. The van der Waals surface area contributed by atoms with Crippen molar-refractivity contribution in [2.24, 2.45) is 11.1 Å². The molecule has 4 N–H and O–H groups in total. The smallest absolute Gasteiger partial charge is 0.249 e. The first kappa shape index (κ1) is 26.8. The van der Waals surface area contributed by atoms with Crippen LogP contribution in [0.25, 0.3) is 10.9 Å². The number of piperidine rings is 1. The van der Waals surface area contributed by atoms with Gasteiger partial charge in [-0.3, -0.25) is 15.0 Å². The standard InChI is InChI=1S/C26H33FN4O3S2/c1-34-19-4-5-22-20(15-19)24(18(16-28)17-29-22)21(27)6-7-26(25(32)30-33)8-10-31(11-9-26)12-14-36-23-3-2-13-35-23/h2-5,13,15,17,21,33H,6-12,14,16,28H2,1H3,(H,30,32). The van der Waals surface area contributed by atoms with Gasteiger partial charge < -0.3 is 15.4 Å². The summed E-state index contributed by atoms with van der Waals surface area (Å²) in [5.41, 5.74) is 8.79. The highest BCUT2D eigenvalue weighted by atomic mass is 32.2. The van der Waals surface area contributed by atoms with E-state index in [4.69, 9.17) is 10.5 Å². The molecule has 1 unspecified atom stereocenters. The Labute approximate surface area is 219 Å². The number of aromatic nitrogens is 1. The molecule has 36 heavy (non-hydrogen) atoms. The quantitative estimate of drug-likeness (QED) is 0.183. The number of thiophene rings is 1. The molecule has 194 valence electrons. The highest BCUT2D eigenvalue weighted by Crippen LogP contribution is 2.41. The minimum absolute atomic E-state index is 0.144. The zero-order chi connectivity index (χ0) is 25.5. The fourth-order valence-electron chi connectivity index (χ4n) is 4.98. The molecule has 1 aliphatic heterocycles. The van der Waals surface area contributed by atoms with E-state index in [0.717, 1.165) is 25.4 Å². The van der Waals surface area contributed by atoms with Crippen molar-refractivity contribution in [3.8, 4) is 5.75 Å². The summed E-state index contributed by atoms with van der Waals surface area (Å²) >= 11 is 3.57. The zero-order valence-corrected chi connectivity index (χ0v) is 22.0. The predicted octanol–water partition coefficient (Wildman–Crippen LogP) is 4.93. The molecule has 1 saturated heterocycles. The maximum atomic E-state index is 15.9. The molecule has 1 aromatic carbocycles. The number of alkyl halides is 1.